The topological polar surface area (TPSA) is 12.0 Å². The van der Waals surface area contributed by atoms with E-state index >= 15 is 0 Å². The maximum absolute atomic E-state index is 3.43. The van der Waals surface area contributed by atoms with Crippen molar-refractivity contribution in [3.05, 3.63) is 41.1 Å². The fourth-order valence-corrected chi connectivity index (χ4v) is 2.58. The van der Waals surface area contributed by atoms with E-state index in [9.17, 15) is 0 Å². The van der Waals surface area contributed by atoms with Gasteiger partial charge in [-0.2, -0.15) is 0 Å². The molecule has 1 N–H and O–H groups in total. The maximum Gasteiger partial charge on any atom is 0.0182 e. The lowest BCUT2D eigenvalue weighted by atomic mass is 9.84. The standard InChI is InChI=1S/C16H23N/c1-11(2)14-7-5-6-13-8-9-17-10-15(12(3)4)16(13)14/h5-7,10-12,17H,8-9H2,1-4H3. The molecule has 17 heavy (non-hydrogen) atoms. The molecule has 0 saturated carbocycles. The Morgan fingerprint density at radius 3 is 2.47 bits per heavy atom. The van der Waals surface area contributed by atoms with Gasteiger partial charge in [0.1, 0.15) is 0 Å². The van der Waals surface area contributed by atoms with Crippen molar-refractivity contribution >= 4 is 5.57 Å². The van der Waals surface area contributed by atoms with E-state index in [0.29, 0.717) is 11.8 Å². The molecule has 0 aromatic heterocycles. The molecule has 1 aromatic carbocycles. The van der Waals surface area contributed by atoms with Gasteiger partial charge in [0.05, 0.1) is 0 Å². The Labute approximate surface area is 105 Å². The molecule has 0 atom stereocenters. The molecular weight excluding hydrogens is 206 g/mol. The third-order valence-electron chi connectivity index (χ3n) is 3.51. The van der Waals surface area contributed by atoms with Gasteiger partial charge in [0.25, 0.3) is 0 Å². The van der Waals surface area contributed by atoms with Gasteiger partial charge in [-0.1, -0.05) is 45.9 Å². The van der Waals surface area contributed by atoms with Crippen LogP contribution in [0.3, 0.4) is 0 Å². The monoisotopic (exact) mass is 229 g/mol. The molecule has 1 aromatic rings. The van der Waals surface area contributed by atoms with Gasteiger partial charge >= 0.3 is 0 Å². The number of fused-ring (bicyclic) bond motifs is 1. The summed E-state index contributed by atoms with van der Waals surface area (Å²) in [5, 5.41) is 3.43. The molecular formula is C16H23N. The number of benzene rings is 1. The number of hydrogen-bond acceptors (Lipinski definition) is 1. The highest BCUT2D eigenvalue weighted by Crippen LogP contribution is 2.34. The summed E-state index contributed by atoms with van der Waals surface area (Å²) < 4.78 is 0. The molecule has 0 bridgehead atoms. The largest absolute Gasteiger partial charge is 0.390 e. The summed E-state index contributed by atoms with van der Waals surface area (Å²) in [7, 11) is 0. The Morgan fingerprint density at radius 2 is 1.82 bits per heavy atom. The van der Waals surface area contributed by atoms with E-state index in [0.717, 1.165) is 13.0 Å². The van der Waals surface area contributed by atoms with Crippen molar-refractivity contribution in [1.82, 2.24) is 5.32 Å². The van der Waals surface area contributed by atoms with Crippen LogP contribution in [-0.4, -0.2) is 6.54 Å². The van der Waals surface area contributed by atoms with Gasteiger partial charge in [-0.25, -0.2) is 0 Å². The Kier molecular flexibility index (Phi) is 3.56. The molecule has 0 amide bonds. The van der Waals surface area contributed by atoms with Crippen molar-refractivity contribution in [2.75, 3.05) is 6.54 Å². The van der Waals surface area contributed by atoms with Gasteiger partial charge in [-0.05, 0) is 40.5 Å². The molecule has 1 aliphatic rings. The quantitative estimate of drug-likeness (QED) is 0.809. The zero-order valence-electron chi connectivity index (χ0n) is 11.4. The highest BCUT2D eigenvalue weighted by Gasteiger charge is 2.18. The van der Waals surface area contributed by atoms with Crippen molar-refractivity contribution in [2.24, 2.45) is 5.92 Å². The lowest BCUT2D eigenvalue weighted by Gasteiger charge is -2.20. The summed E-state index contributed by atoms with van der Waals surface area (Å²) in [6.45, 7) is 10.2. The lowest BCUT2D eigenvalue weighted by Crippen LogP contribution is -2.07. The molecule has 0 aliphatic carbocycles. The van der Waals surface area contributed by atoms with Crippen molar-refractivity contribution in [3.63, 3.8) is 0 Å². The third kappa shape index (κ3) is 2.38. The zero-order valence-corrected chi connectivity index (χ0v) is 11.4. The van der Waals surface area contributed by atoms with Gasteiger partial charge in [-0.3, -0.25) is 0 Å². The minimum absolute atomic E-state index is 0.569. The predicted octanol–water partition coefficient (Wildman–Crippen LogP) is 3.95. The molecule has 0 radical (unpaired) electrons. The van der Waals surface area contributed by atoms with Crippen LogP contribution in [0.2, 0.25) is 0 Å². The summed E-state index contributed by atoms with van der Waals surface area (Å²) in [6, 6.07) is 6.77. The van der Waals surface area contributed by atoms with E-state index in [4.69, 9.17) is 0 Å². The Hall–Kier alpha value is -1.24. The van der Waals surface area contributed by atoms with Gasteiger partial charge in [-0.15, -0.1) is 0 Å². The highest BCUT2D eigenvalue weighted by atomic mass is 14.8. The van der Waals surface area contributed by atoms with Crippen molar-refractivity contribution in [3.8, 4) is 0 Å². The molecule has 92 valence electrons. The normalized spacial score (nSPS) is 15.3. The molecule has 0 spiro atoms. The van der Waals surface area contributed by atoms with Crippen LogP contribution in [0.4, 0.5) is 0 Å². The van der Waals surface area contributed by atoms with Gasteiger partial charge in [0.2, 0.25) is 0 Å². The Morgan fingerprint density at radius 1 is 1.06 bits per heavy atom. The molecule has 2 rings (SSSR count). The summed E-state index contributed by atoms with van der Waals surface area (Å²) in [4.78, 5) is 0. The first kappa shape index (κ1) is 12.2. The van der Waals surface area contributed by atoms with Crippen molar-refractivity contribution in [2.45, 2.75) is 40.0 Å². The SMILES string of the molecule is CC(C)C1=CNCCc2cccc(C(C)C)c21. The average Bonchev–Trinajstić information content (AvgIpc) is 2.50. The van der Waals surface area contributed by atoms with Gasteiger partial charge in [0, 0.05) is 12.7 Å². The second-order valence-electron chi connectivity index (χ2n) is 5.49. The first-order chi connectivity index (χ1) is 8.11. The molecule has 0 saturated heterocycles. The second kappa shape index (κ2) is 4.95. The average molecular weight is 229 g/mol. The smallest absolute Gasteiger partial charge is 0.0182 e. The van der Waals surface area contributed by atoms with E-state index in [-0.39, 0.29) is 0 Å². The number of allylic oxidation sites excluding steroid dienone is 1. The minimum atomic E-state index is 0.569. The van der Waals surface area contributed by atoms with Crippen LogP contribution in [0.5, 0.6) is 0 Å². The molecule has 0 fully saturated rings. The third-order valence-corrected chi connectivity index (χ3v) is 3.51. The van der Waals surface area contributed by atoms with Gasteiger partial charge in [0.15, 0.2) is 0 Å². The predicted molar refractivity (Wildman–Crippen MR) is 75.1 cm³/mol. The number of hydrogen-bond donors (Lipinski definition) is 1. The van der Waals surface area contributed by atoms with Crippen molar-refractivity contribution < 1.29 is 0 Å². The first-order valence-electron chi connectivity index (χ1n) is 6.67. The van der Waals surface area contributed by atoms with Crippen LogP contribution >= 0.6 is 0 Å². The van der Waals surface area contributed by atoms with Crippen LogP contribution in [0.25, 0.3) is 5.57 Å². The van der Waals surface area contributed by atoms with Crippen LogP contribution in [0.15, 0.2) is 24.4 Å². The fourth-order valence-electron chi connectivity index (χ4n) is 2.58. The summed E-state index contributed by atoms with van der Waals surface area (Å²) in [5.41, 5.74) is 5.96. The highest BCUT2D eigenvalue weighted by molar-refractivity contribution is 5.73. The van der Waals surface area contributed by atoms with Crippen LogP contribution < -0.4 is 5.32 Å². The van der Waals surface area contributed by atoms with E-state index < -0.39 is 0 Å². The summed E-state index contributed by atoms with van der Waals surface area (Å²) in [5.74, 6) is 1.16. The number of rotatable bonds is 2. The van der Waals surface area contributed by atoms with E-state index in [1.807, 2.05) is 0 Å². The molecule has 1 aliphatic heterocycles. The molecule has 0 unspecified atom stereocenters. The van der Waals surface area contributed by atoms with Gasteiger partial charge < -0.3 is 5.32 Å². The molecule has 1 nitrogen and oxygen atoms in total. The first-order valence-corrected chi connectivity index (χ1v) is 6.67. The van der Waals surface area contributed by atoms with Crippen LogP contribution in [0.1, 0.15) is 50.3 Å². The fraction of sp³-hybridized carbons (Fsp3) is 0.500. The lowest BCUT2D eigenvalue weighted by molar-refractivity contribution is 0.824. The zero-order chi connectivity index (χ0) is 12.4. The summed E-state index contributed by atoms with van der Waals surface area (Å²) >= 11 is 0. The Bertz CT molecular complexity index is 427. The number of nitrogens with one attached hydrogen (secondary N) is 1. The van der Waals surface area contributed by atoms with E-state index in [1.165, 1.54) is 22.3 Å². The van der Waals surface area contributed by atoms with Crippen LogP contribution in [0, 0.1) is 5.92 Å². The van der Waals surface area contributed by atoms with Crippen molar-refractivity contribution in [1.29, 1.82) is 0 Å². The molecule has 1 heterocycles. The maximum atomic E-state index is 3.43. The molecule has 1 heteroatoms. The minimum Gasteiger partial charge on any atom is -0.390 e. The van der Waals surface area contributed by atoms with E-state index in [1.54, 1.807) is 0 Å². The Balaban J connectivity index is 2.61. The summed E-state index contributed by atoms with van der Waals surface area (Å²) in [6.07, 6.45) is 3.35. The second-order valence-corrected chi connectivity index (χ2v) is 5.49. The van der Waals surface area contributed by atoms with Crippen LogP contribution in [-0.2, 0) is 6.42 Å². The van der Waals surface area contributed by atoms with E-state index in [2.05, 4.69) is 57.4 Å².